The molecule has 0 bridgehead atoms. The van der Waals surface area contributed by atoms with Crippen molar-refractivity contribution in [2.24, 2.45) is 5.92 Å². The van der Waals surface area contributed by atoms with Crippen LogP contribution in [0.25, 0.3) is 0 Å². The second-order valence-electron chi connectivity index (χ2n) is 5.57. The first kappa shape index (κ1) is 17.6. The topological polar surface area (TPSA) is 9.23 Å². The van der Waals surface area contributed by atoms with E-state index in [4.69, 9.17) is 4.74 Å². The summed E-state index contributed by atoms with van der Waals surface area (Å²) in [5.41, 5.74) is 0.0209. The van der Waals surface area contributed by atoms with Crippen molar-refractivity contribution < 1.29 is 9.13 Å². The number of benzene rings is 1. The third kappa shape index (κ3) is 4.85. The van der Waals surface area contributed by atoms with Crippen LogP contribution in [0.2, 0.25) is 0 Å². The van der Waals surface area contributed by atoms with Gasteiger partial charge in [-0.15, -0.1) is 0 Å². The maximum atomic E-state index is 14.0. The van der Waals surface area contributed by atoms with Crippen LogP contribution in [0.4, 0.5) is 4.39 Å². The van der Waals surface area contributed by atoms with Gasteiger partial charge in [0.2, 0.25) is 0 Å². The SMILES string of the molecule is CCCCC(CC)COC(C)(CBr)c1ccccc1F. The highest BCUT2D eigenvalue weighted by Crippen LogP contribution is 2.31. The molecule has 1 aromatic carbocycles. The molecule has 0 radical (unpaired) electrons. The lowest BCUT2D eigenvalue weighted by molar-refractivity contribution is -0.0393. The molecular weight excluding hydrogens is 319 g/mol. The van der Waals surface area contributed by atoms with Gasteiger partial charge >= 0.3 is 0 Å². The zero-order valence-electron chi connectivity index (χ0n) is 12.8. The first-order valence-corrected chi connectivity index (χ1v) is 8.64. The molecular formula is C17H26BrFO. The second-order valence-corrected chi connectivity index (χ2v) is 6.13. The molecule has 0 spiro atoms. The van der Waals surface area contributed by atoms with Crippen LogP contribution >= 0.6 is 15.9 Å². The molecule has 114 valence electrons. The molecule has 0 heterocycles. The van der Waals surface area contributed by atoms with Gasteiger partial charge in [-0.05, 0) is 25.3 Å². The van der Waals surface area contributed by atoms with Crippen molar-refractivity contribution in [1.29, 1.82) is 0 Å². The molecule has 1 nitrogen and oxygen atoms in total. The van der Waals surface area contributed by atoms with E-state index in [1.54, 1.807) is 6.07 Å². The van der Waals surface area contributed by atoms with Gasteiger partial charge in [-0.25, -0.2) is 4.39 Å². The van der Waals surface area contributed by atoms with Gasteiger partial charge in [-0.2, -0.15) is 0 Å². The predicted octanol–water partition coefficient (Wildman–Crippen LogP) is 5.67. The molecule has 3 heteroatoms. The second kappa shape index (κ2) is 8.78. The molecule has 0 aliphatic heterocycles. The van der Waals surface area contributed by atoms with Gasteiger partial charge in [0.25, 0.3) is 0 Å². The van der Waals surface area contributed by atoms with E-state index >= 15 is 0 Å². The quantitative estimate of drug-likeness (QED) is 0.524. The Morgan fingerprint density at radius 1 is 1.30 bits per heavy atom. The summed E-state index contributed by atoms with van der Waals surface area (Å²) in [7, 11) is 0. The number of alkyl halides is 1. The van der Waals surface area contributed by atoms with Gasteiger partial charge in [-0.1, -0.05) is 67.2 Å². The van der Waals surface area contributed by atoms with Crippen LogP contribution in [-0.4, -0.2) is 11.9 Å². The lowest BCUT2D eigenvalue weighted by Gasteiger charge is -2.31. The highest BCUT2D eigenvalue weighted by Gasteiger charge is 2.30. The normalized spacial score (nSPS) is 15.8. The van der Waals surface area contributed by atoms with Crippen molar-refractivity contribution in [2.45, 2.75) is 52.1 Å². The number of hydrogen-bond donors (Lipinski definition) is 0. The fraction of sp³-hybridized carbons (Fsp3) is 0.647. The maximum absolute atomic E-state index is 14.0. The molecule has 0 saturated heterocycles. The van der Waals surface area contributed by atoms with E-state index in [0.29, 0.717) is 23.4 Å². The summed E-state index contributed by atoms with van der Waals surface area (Å²) in [6.07, 6.45) is 4.73. The number of rotatable bonds is 9. The molecule has 1 rings (SSSR count). The van der Waals surface area contributed by atoms with Gasteiger partial charge in [0.15, 0.2) is 0 Å². The molecule has 1 aromatic rings. The van der Waals surface area contributed by atoms with Crippen molar-refractivity contribution in [1.82, 2.24) is 0 Å². The summed E-state index contributed by atoms with van der Waals surface area (Å²) in [5.74, 6) is 0.358. The predicted molar refractivity (Wildman–Crippen MR) is 86.8 cm³/mol. The Balaban J connectivity index is 2.72. The highest BCUT2D eigenvalue weighted by molar-refractivity contribution is 9.09. The molecule has 2 atom stereocenters. The third-order valence-corrected chi connectivity index (χ3v) is 4.95. The van der Waals surface area contributed by atoms with Crippen molar-refractivity contribution >= 4 is 15.9 Å². The zero-order valence-corrected chi connectivity index (χ0v) is 14.4. The molecule has 0 aliphatic rings. The van der Waals surface area contributed by atoms with Crippen molar-refractivity contribution in [3.8, 4) is 0 Å². The van der Waals surface area contributed by atoms with Crippen molar-refractivity contribution in [2.75, 3.05) is 11.9 Å². The van der Waals surface area contributed by atoms with Crippen LogP contribution in [0.1, 0.15) is 52.0 Å². The van der Waals surface area contributed by atoms with Crippen LogP contribution in [0.5, 0.6) is 0 Å². The van der Waals surface area contributed by atoms with Gasteiger partial charge < -0.3 is 4.74 Å². The third-order valence-electron chi connectivity index (χ3n) is 3.88. The Morgan fingerprint density at radius 2 is 2.00 bits per heavy atom. The van der Waals surface area contributed by atoms with Crippen LogP contribution in [0.15, 0.2) is 24.3 Å². The lowest BCUT2D eigenvalue weighted by Crippen LogP contribution is -2.31. The van der Waals surface area contributed by atoms with Crippen LogP contribution < -0.4 is 0 Å². The van der Waals surface area contributed by atoms with E-state index in [1.165, 1.54) is 25.3 Å². The molecule has 2 unspecified atom stereocenters. The van der Waals surface area contributed by atoms with E-state index in [1.807, 2.05) is 19.1 Å². The van der Waals surface area contributed by atoms with Gasteiger partial charge in [0, 0.05) is 10.9 Å². The Morgan fingerprint density at radius 3 is 2.55 bits per heavy atom. The average molecular weight is 345 g/mol. The van der Waals surface area contributed by atoms with E-state index in [9.17, 15) is 4.39 Å². The number of halogens is 2. The fourth-order valence-electron chi connectivity index (χ4n) is 2.28. The van der Waals surface area contributed by atoms with Gasteiger partial charge in [0.1, 0.15) is 11.4 Å². The van der Waals surface area contributed by atoms with E-state index < -0.39 is 5.60 Å². The van der Waals surface area contributed by atoms with Gasteiger partial charge in [-0.3, -0.25) is 0 Å². The Labute approximate surface area is 131 Å². The summed E-state index contributed by atoms with van der Waals surface area (Å²) < 4.78 is 20.1. The minimum atomic E-state index is -0.606. The van der Waals surface area contributed by atoms with Crippen molar-refractivity contribution in [3.63, 3.8) is 0 Å². The summed E-state index contributed by atoms with van der Waals surface area (Å²) in [6.45, 7) is 7.04. The van der Waals surface area contributed by atoms with Crippen LogP contribution in [-0.2, 0) is 10.3 Å². The number of hydrogen-bond acceptors (Lipinski definition) is 1. The highest BCUT2D eigenvalue weighted by atomic mass is 79.9. The first-order chi connectivity index (χ1) is 9.57. The Kier molecular flexibility index (Phi) is 7.75. The molecule has 20 heavy (non-hydrogen) atoms. The largest absolute Gasteiger partial charge is 0.369 e. The first-order valence-electron chi connectivity index (χ1n) is 7.52. The zero-order chi connectivity index (χ0) is 15.0. The fourth-order valence-corrected chi connectivity index (χ4v) is 2.74. The molecule has 0 saturated carbocycles. The van der Waals surface area contributed by atoms with E-state index in [0.717, 1.165) is 6.42 Å². The summed E-state index contributed by atoms with van der Waals surface area (Å²) in [5, 5.41) is 0.588. The molecule has 0 N–H and O–H groups in total. The molecule has 0 aromatic heterocycles. The van der Waals surface area contributed by atoms with E-state index in [2.05, 4.69) is 29.8 Å². The standard InChI is InChI=1S/C17H26BrFO/c1-4-6-9-14(5-2)12-20-17(3,13-18)15-10-7-8-11-16(15)19/h7-8,10-11,14H,4-6,9,12-13H2,1-3H3. The molecule has 0 amide bonds. The summed E-state index contributed by atoms with van der Waals surface area (Å²) in [4.78, 5) is 0. The van der Waals surface area contributed by atoms with Crippen LogP contribution in [0.3, 0.4) is 0 Å². The van der Waals surface area contributed by atoms with Crippen molar-refractivity contribution in [3.05, 3.63) is 35.6 Å². The monoisotopic (exact) mass is 344 g/mol. The minimum Gasteiger partial charge on any atom is -0.369 e. The summed E-state index contributed by atoms with van der Waals surface area (Å²) in [6, 6.07) is 6.87. The van der Waals surface area contributed by atoms with E-state index in [-0.39, 0.29) is 5.82 Å². The lowest BCUT2D eigenvalue weighted by atomic mass is 9.96. The maximum Gasteiger partial charge on any atom is 0.129 e. The number of ether oxygens (including phenoxy) is 1. The van der Waals surface area contributed by atoms with Crippen LogP contribution in [0, 0.1) is 11.7 Å². The van der Waals surface area contributed by atoms with Gasteiger partial charge in [0.05, 0.1) is 6.61 Å². The number of unbranched alkanes of at least 4 members (excludes halogenated alkanes) is 1. The minimum absolute atomic E-state index is 0.198. The smallest absolute Gasteiger partial charge is 0.129 e. The average Bonchev–Trinajstić information content (AvgIpc) is 2.47. The molecule has 0 aliphatic carbocycles. The summed E-state index contributed by atoms with van der Waals surface area (Å²) >= 11 is 3.48. The Hall–Kier alpha value is -0.410. The Bertz CT molecular complexity index is 396. The molecule has 0 fully saturated rings.